The number of carbonyl (C=O) groups excluding carboxylic acids is 1. The van der Waals surface area contributed by atoms with Gasteiger partial charge in [-0.05, 0) is 35.9 Å². The lowest BCUT2D eigenvalue weighted by molar-refractivity contribution is 0.0998. The van der Waals surface area contributed by atoms with Crippen LogP contribution in [-0.2, 0) is 11.3 Å². The van der Waals surface area contributed by atoms with Gasteiger partial charge >= 0.3 is 0 Å². The Labute approximate surface area is 172 Å². The number of benzene rings is 3. The molecule has 4 aromatic rings. The quantitative estimate of drug-likeness (QED) is 0.438. The Morgan fingerprint density at radius 1 is 1.07 bits per heavy atom. The molecule has 0 unspecified atom stereocenters. The fraction of sp³-hybridized carbons (Fsp3) is 0.217. The predicted octanol–water partition coefficient (Wildman–Crippen LogP) is 4.64. The minimum absolute atomic E-state index is 0.252. The number of ether oxygens (including phenoxy) is 2. The van der Waals surface area contributed by atoms with Crippen molar-refractivity contribution >= 4 is 38.2 Å². The van der Waals surface area contributed by atoms with Crippen LogP contribution < -0.4 is 9.54 Å². The molecule has 148 valence electrons. The van der Waals surface area contributed by atoms with Gasteiger partial charge in [0.2, 0.25) is 0 Å². The molecule has 3 aromatic carbocycles. The van der Waals surface area contributed by atoms with Crippen LogP contribution in [0.1, 0.15) is 17.3 Å². The molecular formula is C23H22N2O3S. The first kappa shape index (κ1) is 19.4. The van der Waals surface area contributed by atoms with Crippen LogP contribution in [0, 0.1) is 0 Å². The second kappa shape index (κ2) is 8.59. The summed E-state index contributed by atoms with van der Waals surface area (Å²) >= 11 is 1.48. The number of methoxy groups -OCH3 is 1. The molecule has 0 aliphatic carbocycles. The number of aromatic nitrogens is 1. The third-order valence-corrected chi connectivity index (χ3v) is 5.81. The van der Waals surface area contributed by atoms with Gasteiger partial charge < -0.3 is 14.0 Å². The average molecular weight is 407 g/mol. The Kier molecular flexibility index (Phi) is 5.74. The third-order valence-electron chi connectivity index (χ3n) is 4.76. The zero-order chi connectivity index (χ0) is 20.2. The smallest absolute Gasteiger partial charge is 0.280 e. The van der Waals surface area contributed by atoms with E-state index in [9.17, 15) is 4.79 Å². The second-order valence-corrected chi connectivity index (χ2v) is 7.49. The molecule has 5 nitrogen and oxygen atoms in total. The molecule has 1 amide bonds. The fourth-order valence-corrected chi connectivity index (χ4v) is 4.49. The number of para-hydroxylation sites is 1. The van der Waals surface area contributed by atoms with E-state index in [4.69, 9.17) is 9.47 Å². The molecule has 0 radical (unpaired) electrons. The summed E-state index contributed by atoms with van der Waals surface area (Å²) in [5.74, 6) is 0.506. The second-order valence-electron chi connectivity index (χ2n) is 6.48. The van der Waals surface area contributed by atoms with Crippen LogP contribution >= 0.6 is 11.3 Å². The van der Waals surface area contributed by atoms with Crippen molar-refractivity contribution in [3.05, 3.63) is 71.0 Å². The van der Waals surface area contributed by atoms with E-state index in [1.165, 1.54) is 11.3 Å². The zero-order valence-corrected chi connectivity index (χ0v) is 17.2. The maximum Gasteiger partial charge on any atom is 0.280 e. The Balaban J connectivity index is 1.86. The summed E-state index contributed by atoms with van der Waals surface area (Å²) < 4.78 is 14.1. The molecule has 0 N–H and O–H groups in total. The number of hydrogen-bond donors (Lipinski definition) is 0. The molecule has 1 heterocycles. The standard InChI is InChI=1S/C23H22N2O3S/c1-3-28-15-14-25-21-19(27-2)12-7-13-20(21)29-23(25)24-22(26)18-11-6-9-16-8-4-5-10-17(16)18/h4-13H,3,14-15H2,1-2H3. The maximum absolute atomic E-state index is 13.1. The highest BCUT2D eigenvalue weighted by Gasteiger charge is 2.14. The van der Waals surface area contributed by atoms with E-state index in [1.54, 1.807) is 7.11 Å². The topological polar surface area (TPSA) is 52.8 Å². The Bertz CT molecular complexity index is 1230. The van der Waals surface area contributed by atoms with Crippen LogP contribution in [0.25, 0.3) is 21.0 Å². The summed E-state index contributed by atoms with van der Waals surface area (Å²) in [6, 6.07) is 19.4. The number of fused-ring (bicyclic) bond motifs is 2. The van der Waals surface area contributed by atoms with E-state index in [1.807, 2.05) is 72.2 Å². The lowest BCUT2D eigenvalue weighted by Crippen LogP contribution is -2.20. The first-order valence-electron chi connectivity index (χ1n) is 9.54. The van der Waals surface area contributed by atoms with Gasteiger partial charge in [0.1, 0.15) is 11.3 Å². The third kappa shape index (κ3) is 3.81. The van der Waals surface area contributed by atoms with Gasteiger partial charge in [-0.3, -0.25) is 4.79 Å². The summed E-state index contributed by atoms with van der Waals surface area (Å²) in [5.41, 5.74) is 1.54. The van der Waals surface area contributed by atoms with Gasteiger partial charge in [0.05, 0.1) is 18.4 Å². The van der Waals surface area contributed by atoms with Gasteiger partial charge in [-0.25, -0.2) is 0 Å². The van der Waals surface area contributed by atoms with E-state index in [2.05, 4.69) is 4.99 Å². The number of amides is 1. The van der Waals surface area contributed by atoms with E-state index in [0.29, 0.717) is 30.1 Å². The summed E-state index contributed by atoms with van der Waals surface area (Å²) in [4.78, 5) is 18.2. The van der Waals surface area contributed by atoms with Gasteiger partial charge in [0.15, 0.2) is 4.80 Å². The summed E-state index contributed by atoms with van der Waals surface area (Å²) in [6.45, 7) is 3.74. The lowest BCUT2D eigenvalue weighted by Gasteiger charge is -2.08. The molecule has 0 saturated carbocycles. The van der Waals surface area contributed by atoms with Crippen molar-refractivity contribution in [3.8, 4) is 5.75 Å². The van der Waals surface area contributed by atoms with Crippen molar-refractivity contribution in [3.63, 3.8) is 0 Å². The van der Waals surface area contributed by atoms with Crippen molar-refractivity contribution in [1.82, 2.24) is 4.57 Å². The molecule has 0 saturated heterocycles. The summed E-state index contributed by atoms with van der Waals surface area (Å²) in [7, 11) is 1.65. The highest BCUT2D eigenvalue weighted by Crippen LogP contribution is 2.27. The van der Waals surface area contributed by atoms with Crippen molar-refractivity contribution in [2.45, 2.75) is 13.5 Å². The van der Waals surface area contributed by atoms with Crippen LogP contribution in [0.3, 0.4) is 0 Å². The highest BCUT2D eigenvalue weighted by atomic mass is 32.1. The van der Waals surface area contributed by atoms with Gasteiger partial charge in [-0.2, -0.15) is 4.99 Å². The summed E-state index contributed by atoms with van der Waals surface area (Å²) in [6.07, 6.45) is 0. The molecule has 29 heavy (non-hydrogen) atoms. The molecule has 0 aliphatic heterocycles. The molecule has 6 heteroatoms. The van der Waals surface area contributed by atoms with Crippen LogP contribution in [0.4, 0.5) is 0 Å². The van der Waals surface area contributed by atoms with Crippen LogP contribution in [0.15, 0.2) is 65.7 Å². The van der Waals surface area contributed by atoms with Crippen LogP contribution in [0.5, 0.6) is 5.75 Å². The number of thiazole rings is 1. The van der Waals surface area contributed by atoms with E-state index in [-0.39, 0.29) is 5.91 Å². The molecule has 1 aromatic heterocycles. The zero-order valence-electron chi connectivity index (χ0n) is 16.4. The van der Waals surface area contributed by atoms with Gasteiger partial charge in [-0.1, -0.05) is 53.8 Å². The highest BCUT2D eigenvalue weighted by molar-refractivity contribution is 7.16. The number of carbonyl (C=O) groups is 1. The van der Waals surface area contributed by atoms with Gasteiger partial charge in [0.25, 0.3) is 5.91 Å². The molecule has 4 rings (SSSR count). The van der Waals surface area contributed by atoms with Crippen molar-refractivity contribution in [2.75, 3.05) is 20.3 Å². The molecule has 0 aliphatic rings. The van der Waals surface area contributed by atoms with Crippen LogP contribution in [-0.4, -0.2) is 30.8 Å². The predicted molar refractivity (Wildman–Crippen MR) is 117 cm³/mol. The maximum atomic E-state index is 13.1. The van der Waals surface area contributed by atoms with E-state index in [0.717, 1.165) is 26.7 Å². The largest absolute Gasteiger partial charge is 0.495 e. The van der Waals surface area contributed by atoms with Crippen molar-refractivity contribution in [1.29, 1.82) is 0 Å². The molecule has 0 fully saturated rings. The Morgan fingerprint density at radius 3 is 2.69 bits per heavy atom. The SMILES string of the molecule is CCOCCn1c(=NC(=O)c2cccc3ccccc23)sc2cccc(OC)c21. The molecule has 0 atom stereocenters. The Morgan fingerprint density at radius 2 is 1.86 bits per heavy atom. The van der Waals surface area contributed by atoms with Gasteiger partial charge in [0, 0.05) is 18.7 Å². The molecule has 0 bridgehead atoms. The van der Waals surface area contributed by atoms with E-state index < -0.39 is 0 Å². The monoisotopic (exact) mass is 406 g/mol. The minimum atomic E-state index is -0.252. The first-order valence-corrected chi connectivity index (χ1v) is 10.4. The lowest BCUT2D eigenvalue weighted by atomic mass is 10.0. The molecular weight excluding hydrogens is 384 g/mol. The number of rotatable bonds is 6. The van der Waals surface area contributed by atoms with Crippen LogP contribution in [0.2, 0.25) is 0 Å². The summed E-state index contributed by atoms with van der Waals surface area (Å²) in [5, 5.41) is 1.93. The van der Waals surface area contributed by atoms with E-state index >= 15 is 0 Å². The number of nitrogens with zero attached hydrogens (tertiary/aromatic N) is 2. The minimum Gasteiger partial charge on any atom is -0.495 e. The normalized spacial score (nSPS) is 12.0. The first-order chi connectivity index (χ1) is 14.2. The van der Waals surface area contributed by atoms with Crippen molar-refractivity contribution < 1.29 is 14.3 Å². The molecule has 0 spiro atoms. The Hall–Kier alpha value is -2.96. The van der Waals surface area contributed by atoms with Crippen molar-refractivity contribution in [2.24, 2.45) is 4.99 Å². The average Bonchev–Trinajstić information content (AvgIpc) is 3.10. The fourth-order valence-electron chi connectivity index (χ4n) is 3.41. The number of hydrogen-bond acceptors (Lipinski definition) is 4. The van der Waals surface area contributed by atoms with Gasteiger partial charge in [-0.15, -0.1) is 0 Å².